The van der Waals surface area contributed by atoms with Gasteiger partial charge in [-0.15, -0.1) is 24.0 Å². The van der Waals surface area contributed by atoms with Crippen molar-refractivity contribution in [2.24, 2.45) is 10.7 Å². The first kappa shape index (κ1) is 20.7. The first-order chi connectivity index (χ1) is 12.1. The number of amides is 1. The van der Waals surface area contributed by atoms with E-state index in [4.69, 9.17) is 5.73 Å². The normalized spacial score (nSPS) is 12.9. The highest BCUT2D eigenvalue weighted by Crippen LogP contribution is 2.24. The van der Waals surface area contributed by atoms with Crippen LogP contribution in [0.3, 0.4) is 0 Å². The molecule has 0 saturated carbocycles. The summed E-state index contributed by atoms with van der Waals surface area (Å²) in [6.45, 7) is 0.849. The van der Waals surface area contributed by atoms with Gasteiger partial charge in [0.15, 0.2) is 5.96 Å². The SMILES string of the molecule is I.NC(=NCCNC(=O)c1cccc(Br)c1)Nc1ccc2c(c1)CCC2. The van der Waals surface area contributed by atoms with E-state index in [0.717, 1.165) is 23.0 Å². The lowest BCUT2D eigenvalue weighted by atomic mass is 10.1. The van der Waals surface area contributed by atoms with Gasteiger partial charge in [0.2, 0.25) is 0 Å². The van der Waals surface area contributed by atoms with Crippen LogP contribution < -0.4 is 16.4 Å². The Morgan fingerprint density at radius 3 is 2.77 bits per heavy atom. The second-order valence-corrected chi connectivity index (χ2v) is 6.91. The smallest absolute Gasteiger partial charge is 0.251 e. The summed E-state index contributed by atoms with van der Waals surface area (Å²) in [5, 5.41) is 5.94. The molecule has 1 aliphatic rings. The number of aryl methyl sites for hydroxylation is 2. The van der Waals surface area contributed by atoms with Gasteiger partial charge in [-0.25, -0.2) is 0 Å². The van der Waals surface area contributed by atoms with E-state index in [1.54, 1.807) is 12.1 Å². The minimum atomic E-state index is -0.123. The number of fused-ring (bicyclic) bond motifs is 1. The zero-order valence-corrected chi connectivity index (χ0v) is 18.2. The van der Waals surface area contributed by atoms with Crippen LogP contribution in [0.25, 0.3) is 0 Å². The van der Waals surface area contributed by atoms with Crippen molar-refractivity contribution in [2.75, 3.05) is 18.4 Å². The molecule has 4 N–H and O–H groups in total. The Hall–Kier alpha value is -1.61. The number of benzene rings is 2. The van der Waals surface area contributed by atoms with Gasteiger partial charge in [-0.3, -0.25) is 9.79 Å². The zero-order valence-electron chi connectivity index (χ0n) is 14.3. The molecule has 0 heterocycles. The van der Waals surface area contributed by atoms with Gasteiger partial charge in [0, 0.05) is 22.3 Å². The topological polar surface area (TPSA) is 79.5 Å². The van der Waals surface area contributed by atoms with Crippen molar-refractivity contribution in [1.82, 2.24) is 5.32 Å². The highest BCUT2D eigenvalue weighted by atomic mass is 127. The maximum atomic E-state index is 12.0. The van der Waals surface area contributed by atoms with E-state index in [9.17, 15) is 4.79 Å². The van der Waals surface area contributed by atoms with Crippen LogP contribution in [0, 0.1) is 0 Å². The van der Waals surface area contributed by atoms with Crippen molar-refractivity contribution in [3.05, 3.63) is 63.6 Å². The molecular formula is C19H22BrIN4O. The van der Waals surface area contributed by atoms with Crippen LogP contribution in [0.15, 0.2) is 51.9 Å². The van der Waals surface area contributed by atoms with Crippen molar-refractivity contribution in [3.63, 3.8) is 0 Å². The molecule has 26 heavy (non-hydrogen) atoms. The van der Waals surface area contributed by atoms with Crippen molar-refractivity contribution < 1.29 is 4.79 Å². The Bertz CT molecular complexity index is 810. The predicted molar refractivity (Wildman–Crippen MR) is 120 cm³/mol. The van der Waals surface area contributed by atoms with E-state index in [1.165, 1.54) is 17.5 Å². The fourth-order valence-corrected chi connectivity index (χ4v) is 3.31. The number of guanidine groups is 1. The molecule has 0 atom stereocenters. The molecule has 3 rings (SSSR count). The number of halogens is 2. The summed E-state index contributed by atoms with van der Waals surface area (Å²) in [6.07, 6.45) is 3.51. The number of nitrogens with two attached hydrogens (primary N) is 1. The van der Waals surface area contributed by atoms with E-state index < -0.39 is 0 Å². The van der Waals surface area contributed by atoms with E-state index in [0.29, 0.717) is 24.6 Å². The molecule has 0 spiro atoms. The summed E-state index contributed by atoms with van der Waals surface area (Å²) in [6, 6.07) is 13.6. The van der Waals surface area contributed by atoms with E-state index in [1.807, 2.05) is 18.2 Å². The summed E-state index contributed by atoms with van der Waals surface area (Å²) in [5.74, 6) is 0.233. The molecule has 0 aliphatic heterocycles. The summed E-state index contributed by atoms with van der Waals surface area (Å²) >= 11 is 3.35. The second kappa shape index (κ2) is 9.91. The number of carbonyl (C=O) groups is 1. The number of hydrogen-bond acceptors (Lipinski definition) is 2. The third-order valence-electron chi connectivity index (χ3n) is 4.14. The van der Waals surface area contributed by atoms with Crippen LogP contribution in [-0.4, -0.2) is 25.0 Å². The molecule has 2 aromatic rings. The Balaban J connectivity index is 0.00000243. The van der Waals surface area contributed by atoms with Gasteiger partial charge < -0.3 is 16.4 Å². The van der Waals surface area contributed by atoms with Gasteiger partial charge in [0.05, 0.1) is 6.54 Å². The number of aliphatic imine (C=N–C) groups is 1. The summed E-state index contributed by atoms with van der Waals surface area (Å²) in [7, 11) is 0. The third-order valence-corrected chi connectivity index (χ3v) is 4.63. The zero-order chi connectivity index (χ0) is 17.6. The minimum absolute atomic E-state index is 0. The number of carbonyl (C=O) groups excluding carboxylic acids is 1. The summed E-state index contributed by atoms with van der Waals surface area (Å²) in [4.78, 5) is 16.3. The molecule has 1 aliphatic carbocycles. The molecule has 0 saturated heterocycles. The number of nitrogens with zero attached hydrogens (tertiary/aromatic N) is 1. The number of anilines is 1. The first-order valence-electron chi connectivity index (χ1n) is 8.34. The van der Waals surface area contributed by atoms with E-state index in [2.05, 4.69) is 43.7 Å². The molecule has 1 amide bonds. The van der Waals surface area contributed by atoms with Crippen molar-refractivity contribution in [2.45, 2.75) is 19.3 Å². The maximum absolute atomic E-state index is 12.0. The third kappa shape index (κ3) is 5.70. The Morgan fingerprint density at radius 2 is 1.96 bits per heavy atom. The summed E-state index contributed by atoms with van der Waals surface area (Å²) < 4.78 is 0.876. The Morgan fingerprint density at radius 1 is 1.15 bits per heavy atom. The molecule has 0 fully saturated rings. The van der Waals surface area contributed by atoms with Gasteiger partial charge in [0.1, 0.15) is 0 Å². The van der Waals surface area contributed by atoms with Gasteiger partial charge in [-0.05, 0) is 60.7 Å². The first-order valence-corrected chi connectivity index (χ1v) is 9.13. The second-order valence-electron chi connectivity index (χ2n) is 6.00. The lowest BCUT2D eigenvalue weighted by molar-refractivity contribution is 0.0954. The average Bonchev–Trinajstić information content (AvgIpc) is 3.06. The predicted octanol–water partition coefficient (Wildman–Crippen LogP) is 3.71. The van der Waals surface area contributed by atoms with E-state index >= 15 is 0 Å². The lowest BCUT2D eigenvalue weighted by Crippen LogP contribution is -2.28. The van der Waals surface area contributed by atoms with Gasteiger partial charge in [0.25, 0.3) is 5.91 Å². The van der Waals surface area contributed by atoms with Crippen LogP contribution in [0.2, 0.25) is 0 Å². The molecular weight excluding hydrogens is 507 g/mol. The molecule has 7 heteroatoms. The standard InChI is InChI=1S/C19H21BrN4O.HI/c20-16-6-2-5-15(11-16)18(25)22-9-10-23-19(21)24-17-8-7-13-3-1-4-14(13)12-17;/h2,5-8,11-12H,1,3-4,9-10H2,(H,22,25)(H3,21,23,24);1H. The Kier molecular flexibility index (Phi) is 7.89. The maximum Gasteiger partial charge on any atom is 0.251 e. The molecule has 2 aromatic carbocycles. The van der Waals surface area contributed by atoms with Crippen molar-refractivity contribution >= 4 is 57.5 Å². The lowest BCUT2D eigenvalue weighted by Gasteiger charge is -2.08. The number of nitrogens with one attached hydrogen (secondary N) is 2. The molecule has 138 valence electrons. The minimum Gasteiger partial charge on any atom is -0.370 e. The van der Waals surface area contributed by atoms with Gasteiger partial charge in [-0.2, -0.15) is 0 Å². The average molecular weight is 529 g/mol. The highest BCUT2D eigenvalue weighted by Gasteiger charge is 2.10. The summed E-state index contributed by atoms with van der Waals surface area (Å²) in [5.41, 5.74) is 10.3. The number of hydrogen-bond donors (Lipinski definition) is 3. The highest BCUT2D eigenvalue weighted by molar-refractivity contribution is 14.0. The largest absolute Gasteiger partial charge is 0.370 e. The molecule has 0 unspecified atom stereocenters. The van der Waals surface area contributed by atoms with Crippen LogP contribution in [-0.2, 0) is 12.8 Å². The molecule has 0 radical (unpaired) electrons. The molecule has 5 nitrogen and oxygen atoms in total. The quantitative estimate of drug-likeness (QED) is 0.239. The molecule has 0 bridgehead atoms. The van der Waals surface area contributed by atoms with Crippen LogP contribution in [0.5, 0.6) is 0 Å². The van der Waals surface area contributed by atoms with Gasteiger partial charge in [-0.1, -0.05) is 28.1 Å². The fraction of sp³-hybridized carbons (Fsp3) is 0.263. The van der Waals surface area contributed by atoms with Crippen LogP contribution in [0.4, 0.5) is 5.69 Å². The van der Waals surface area contributed by atoms with Gasteiger partial charge >= 0.3 is 0 Å². The fourth-order valence-electron chi connectivity index (χ4n) is 2.91. The van der Waals surface area contributed by atoms with Crippen LogP contribution in [0.1, 0.15) is 27.9 Å². The van der Waals surface area contributed by atoms with Crippen LogP contribution >= 0.6 is 39.9 Å². The van der Waals surface area contributed by atoms with Crippen molar-refractivity contribution in [1.29, 1.82) is 0 Å². The monoisotopic (exact) mass is 528 g/mol. The molecule has 0 aromatic heterocycles. The van der Waals surface area contributed by atoms with Crippen molar-refractivity contribution in [3.8, 4) is 0 Å². The Labute approximate surface area is 179 Å². The van der Waals surface area contributed by atoms with E-state index in [-0.39, 0.29) is 29.9 Å². The number of rotatable bonds is 5.